The van der Waals surface area contributed by atoms with Crippen LogP contribution in [0.3, 0.4) is 0 Å². The molecule has 1 aromatic rings. The van der Waals surface area contributed by atoms with Gasteiger partial charge in [0.05, 0.1) is 0 Å². The molecule has 0 heterocycles. The first kappa shape index (κ1) is 11.1. The van der Waals surface area contributed by atoms with E-state index in [1.165, 1.54) is 18.2 Å². The number of hydrogen-bond donors (Lipinski definition) is 2. The van der Waals surface area contributed by atoms with Crippen LogP contribution in [0.5, 0.6) is 5.75 Å². The second-order valence-corrected chi connectivity index (χ2v) is 5.13. The van der Waals surface area contributed by atoms with Crippen molar-refractivity contribution < 1.29 is 13.5 Å². The highest BCUT2D eigenvalue weighted by atomic mass is 35.5. The largest absolute Gasteiger partial charge is 0.508 e. The summed E-state index contributed by atoms with van der Waals surface area (Å²) in [6.07, 6.45) is 0. The van der Waals surface area contributed by atoms with Crippen LogP contribution in [0.1, 0.15) is 5.56 Å². The number of alkyl halides is 1. The van der Waals surface area contributed by atoms with E-state index < -0.39 is 15.2 Å². The third-order valence-corrected chi connectivity index (χ3v) is 3.31. The zero-order chi connectivity index (χ0) is 10.8. The second-order valence-electron chi connectivity index (χ2n) is 2.83. The van der Waals surface area contributed by atoms with E-state index >= 15 is 0 Å². The number of hydrogen-bond acceptors (Lipinski definition) is 3. The molecule has 2 N–H and O–H groups in total. The van der Waals surface area contributed by atoms with Gasteiger partial charge in [-0.15, -0.1) is 11.6 Å². The van der Waals surface area contributed by atoms with Crippen molar-refractivity contribution in [1.82, 2.24) is 0 Å². The van der Waals surface area contributed by atoms with Crippen molar-refractivity contribution in [2.24, 2.45) is 0 Å². The van der Waals surface area contributed by atoms with Gasteiger partial charge in [0.25, 0.3) is 0 Å². The Kier molecular flexibility index (Phi) is 3.23. The SMILES string of the molecule is Cc1cc(NS(=O)(=O)CCl)ccc1O. The first-order valence-electron chi connectivity index (χ1n) is 3.81. The van der Waals surface area contributed by atoms with E-state index in [1.54, 1.807) is 6.92 Å². The zero-order valence-corrected chi connectivity index (χ0v) is 9.06. The molecule has 0 saturated heterocycles. The maximum Gasteiger partial charge on any atom is 0.246 e. The summed E-state index contributed by atoms with van der Waals surface area (Å²) in [6, 6.07) is 4.41. The summed E-state index contributed by atoms with van der Waals surface area (Å²) in [7, 11) is -3.47. The van der Waals surface area contributed by atoms with Crippen molar-refractivity contribution in [2.45, 2.75) is 6.92 Å². The summed E-state index contributed by atoms with van der Waals surface area (Å²) in [5, 5.41) is 8.70. The Hall–Kier alpha value is -0.940. The highest BCUT2D eigenvalue weighted by molar-refractivity contribution is 7.93. The van der Waals surface area contributed by atoms with E-state index in [-0.39, 0.29) is 5.75 Å². The van der Waals surface area contributed by atoms with Gasteiger partial charge in [0.1, 0.15) is 11.0 Å². The molecule has 0 amide bonds. The lowest BCUT2D eigenvalue weighted by Gasteiger charge is -2.06. The van der Waals surface area contributed by atoms with Crippen LogP contribution in [-0.2, 0) is 10.0 Å². The number of phenolic OH excluding ortho intramolecular Hbond substituents is 1. The molecule has 14 heavy (non-hydrogen) atoms. The fourth-order valence-electron chi connectivity index (χ4n) is 0.926. The molecule has 0 bridgehead atoms. The molecule has 0 unspecified atom stereocenters. The molecule has 0 aliphatic rings. The third kappa shape index (κ3) is 2.78. The molecule has 0 spiro atoms. The maximum absolute atomic E-state index is 11.1. The molecular formula is C8H10ClNO3S. The van der Waals surface area contributed by atoms with Crippen LogP contribution in [0, 0.1) is 6.92 Å². The average molecular weight is 236 g/mol. The Morgan fingerprint density at radius 2 is 2.14 bits per heavy atom. The number of nitrogens with one attached hydrogen (secondary N) is 1. The van der Waals surface area contributed by atoms with Crippen LogP contribution in [-0.4, -0.2) is 18.7 Å². The number of aryl methyl sites for hydroxylation is 1. The smallest absolute Gasteiger partial charge is 0.246 e. The molecule has 0 saturated carbocycles. The number of benzene rings is 1. The van der Waals surface area contributed by atoms with Crippen molar-refractivity contribution in [2.75, 3.05) is 9.93 Å². The molecule has 1 rings (SSSR count). The Bertz CT molecular complexity index is 430. The van der Waals surface area contributed by atoms with Crippen molar-refractivity contribution in [1.29, 1.82) is 0 Å². The summed E-state index contributed by atoms with van der Waals surface area (Å²) >= 11 is 5.21. The third-order valence-electron chi connectivity index (χ3n) is 1.61. The summed E-state index contributed by atoms with van der Waals surface area (Å²) in [5.74, 6) is 0.124. The van der Waals surface area contributed by atoms with Crippen molar-refractivity contribution >= 4 is 27.3 Å². The average Bonchev–Trinajstić information content (AvgIpc) is 2.11. The van der Waals surface area contributed by atoms with E-state index in [9.17, 15) is 13.5 Å². The number of aromatic hydroxyl groups is 1. The minimum absolute atomic E-state index is 0.124. The van der Waals surface area contributed by atoms with Gasteiger partial charge >= 0.3 is 0 Å². The van der Waals surface area contributed by atoms with E-state index in [4.69, 9.17) is 11.6 Å². The monoisotopic (exact) mass is 235 g/mol. The lowest BCUT2D eigenvalue weighted by Crippen LogP contribution is -2.13. The van der Waals surface area contributed by atoms with Crippen LogP contribution < -0.4 is 4.72 Å². The van der Waals surface area contributed by atoms with Crippen LogP contribution in [0.15, 0.2) is 18.2 Å². The van der Waals surface area contributed by atoms with Crippen LogP contribution in [0.25, 0.3) is 0 Å². The maximum atomic E-state index is 11.1. The summed E-state index contributed by atoms with van der Waals surface area (Å²) in [6.45, 7) is 1.67. The molecule has 1 aromatic carbocycles. The van der Waals surface area contributed by atoms with Crippen molar-refractivity contribution in [3.8, 4) is 5.75 Å². The number of rotatable bonds is 3. The lowest BCUT2D eigenvalue weighted by atomic mass is 10.2. The molecule has 0 fully saturated rings. The van der Waals surface area contributed by atoms with Gasteiger partial charge in [0.15, 0.2) is 0 Å². The minimum Gasteiger partial charge on any atom is -0.508 e. The van der Waals surface area contributed by atoms with Gasteiger partial charge in [0, 0.05) is 5.69 Å². The Morgan fingerprint density at radius 1 is 1.50 bits per heavy atom. The Labute approximate surface area is 87.6 Å². The zero-order valence-electron chi connectivity index (χ0n) is 7.49. The highest BCUT2D eigenvalue weighted by Crippen LogP contribution is 2.20. The van der Waals surface area contributed by atoms with Gasteiger partial charge in [-0.3, -0.25) is 4.72 Å². The first-order chi connectivity index (χ1) is 6.44. The predicted octanol–water partition coefficient (Wildman–Crippen LogP) is 1.64. The van der Waals surface area contributed by atoms with Gasteiger partial charge < -0.3 is 5.11 Å². The number of halogens is 1. The van der Waals surface area contributed by atoms with Gasteiger partial charge in [0.2, 0.25) is 10.0 Å². The molecule has 0 atom stereocenters. The lowest BCUT2D eigenvalue weighted by molar-refractivity contribution is 0.471. The molecular weight excluding hydrogens is 226 g/mol. The highest BCUT2D eigenvalue weighted by Gasteiger charge is 2.08. The van der Waals surface area contributed by atoms with Gasteiger partial charge in [-0.05, 0) is 30.7 Å². The van der Waals surface area contributed by atoms with E-state index in [2.05, 4.69) is 4.72 Å². The van der Waals surface area contributed by atoms with E-state index in [0.29, 0.717) is 11.3 Å². The molecule has 0 aromatic heterocycles. The van der Waals surface area contributed by atoms with Gasteiger partial charge in [-0.1, -0.05) is 0 Å². The predicted molar refractivity (Wildman–Crippen MR) is 56.1 cm³/mol. The molecule has 78 valence electrons. The Morgan fingerprint density at radius 3 is 2.64 bits per heavy atom. The van der Waals surface area contributed by atoms with E-state index in [1.807, 2.05) is 0 Å². The minimum atomic E-state index is -3.47. The normalized spacial score (nSPS) is 11.3. The fourth-order valence-corrected chi connectivity index (χ4v) is 1.63. The van der Waals surface area contributed by atoms with Crippen molar-refractivity contribution in [3.05, 3.63) is 23.8 Å². The van der Waals surface area contributed by atoms with Crippen molar-refractivity contribution in [3.63, 3.8) is 0 Å². The van der Waals surface area contributed by atoms with Crippen LogP contribution in [0.4, 0.5) is 5.69 Å². The second kappa shape index (κ2) is 4.06. The molecule has 0 aliphatic heterocycles. The molecule has 0 aliphatic carbocycles. The molecule has 0 radical (unpaired) electrons. The first-order valence-corrected chi connectivity index (χ1v) is 5.99. The number of sulfonamides is 1. The van der Waals surface area contributed by atoms with Crippen LogP contribution in [0.2, 0.25) is 0 Å². The summed E-state index contributed by atoms with van der Waals surface area (Å²) in [4.78, 5) is 0. The standard InChI is InChI=1S/C8H10ClNO3S/c1-6-4-7(2-3-8(6)11)10-14(12,13)5-9/h2-4,10-11H,5H2,1H3. The molecule has 4 nitrogen and oxygen atoms in total. The van der Waals surface area contributed by atoms with Gasteiger partial charge in [-0.2, -0.15) is 0 Å². The topological polar surface area (TPSA) is 66.4 Å². The summed E-state index contributed by atoms with van der Waals surface area (Å²) in [5.41, 5.74) is 0.987. The van der Waals surface area contributed by atoms with Gasteiger partial charge in [-0.25, -0.2) is 8.42 Å². The number of phenols is 1. The Balaban J connectivity index is 2.94. The fraction of sp³-hybridized carbons (Fsp3) is 0.250. The summed E-state index contributed by atoms with van der Waals surface area (Å²) < 4.78 is 24.4. The quantitative estimate of drug-likeness (QED) is 0.618. The number of anilines is 1. The molecule has 6 heteroatoms. The van der Waals surface area contributed by atoms with E-state index in [0.717, 1.165) is 0 Å². The van der Waals surface area contributed by atoms with Crippen LogP contribution >= 0.6 is 11.6 Å².